The number of amides is 1. The summed E-state index contributed by atoms with van der Waals surface area (Å²) in [5, 5.41) is 11.6. The molecule has 2 heterocycles. The van der Waals surface area contributed by atoms with Crippen molar-refractivity contribution in [2.24, 2.45) is 0 Å². The van der Waals surface area contributed by atoms with E-state index in [9.17, 15) is 36.2 Å². The summed E-state index contributed by atoms with van der Waals surface area (Å²) < 4.78 is 78.3. The summed E-state index contributed by atoms with van der Waals surface area (Å²) in [4.78, 5) is 19.6. The van der Waals surface area contributed by atoms with E-state index in [0.717, 1.165) is 6.07 Å². The van der Waals surface area contributed by atoms with Crippen LogP contribution in [0.4, 0.5) is 32.3 Å². The topological polar surface area (TPSA) is 80.0 Å². The number of anilines is 1. The van der Waals surface area contributed by atoms with Gasteiger partial charge in [-0.2, -0.15) is 26.3 Å². The highest BCUT2D eigenvalue weighted by atomic mass is 19.4. The maximum atomic E-state index is 13.0. The van der Waals surface area contributed by atoms with Gasteiger partial charge in [0.15, 0.2) is 11.2 Å². The zero-order chi connectivity index (χ0) is 21.7. The monoisotopic (exact) mass is 412 g/mol. The maximum absolute atomic E-state index is 13.0. The zero-order valence-electron chi connectivity index (χ0n) is 15.3. The van der Waals surface area contributed by atoms with Crippen molar-refractivity contribution in [3.05, 3.63) is 17.8 Å². The Morgan fingerprint density at radius 3 is 2.11 bits per heavy atom. The lowest BCUT2D eigenvalue weighted by molar-refractivity contribution is -0.253. The molecule has 0 fully saturated rings. The van der Waals surface area contributed by atoms with Gasteiger partial charge in [-0.3, -0.25) is 14.7 Å². The first-order chi connectivity index (χ1) is 12.4. The van der Waals surface area contributed by atoms with Crippen molar-refractivity contribution in [3.8, 4) is 0 Å². The molecule has 0 spiro atoms. The van der Waals surface area contributed by atoms with Crippen molar-refractivity contribution in [2.45, 2.75) is 57.6 Å². The Morgan fingerprint density at radius 2 is 1.64 bits per heavy atom. The van der Waals surface area contributed by atoms with Gasteiger partial charge in [0.25, 0.3) is 0 Å². The second-order valence-corrected chi connectivity index (χ2v) is 7.48. The SMILES string of the molecule is CC(C)(C)n1c(NC(=O)C[C@@](C)(O)C(F)(F)F)nc2ccc(C(F)(F)F)nc21. The van der Waals surface area contributed by atoms with Crippen molar-refractivity contribution < 1.29 is 36.2 Å². The summed E-state index contributed by atoms with van der Waals surface area (Å²) in [6, 6.07) is 1.76. The number of alkyl halides is 6. The van der Waals surface area contributed by atoms with E-state index in [2.05, 4.69) is 15.3 Å². The molecular formula is C16H18F6N4O2. The van der Waals surface area contributed by atoms with Gasteiger partial charge >= 0.3 is 12.4 Å². The Labute approximate surface area is 155 Å². The Morgan fingerprint density at radius 1 is 1.07 bits per heavy atom. The number of imidazole rings is 1. The zero-order valence-corrected chi connectivity index (χ0v) is 15.3. The van der Waals surface area contributed by atoms with Gasteiger partial charge in [-0.15, -0.1) is 0 Å². The smallest absolute Gasteiger partial charge is 0.380 e. The number of hydrogen-bond donors (Lipinski definition) is 2. The molecular weight excluding hydrogens is 394 g/mol. The molecule has 0 aliphatic rings. The lowest BCUT2D eigenvalue weighted by Crippen LogP contribution is -2.45. The number of nitrogens with one attached hydrogen (secondary N) is 1. The first kappa shape index (κ1) is 21.9. The molecule has 156 valence electrons. The highest BCUT2D eigenvalue weighted by molar-refractivity contribution is 5.91. The van der Waals surface area contributed by atoms with Gasteiger partial charge < -0.3 is 5.11 Å². The maximum Gasteiger partial charge on any atom is 0.433 e. The van der Waals surface area contributed by atoms with Crippen LogP contribution in [0.25, 0.3) is 11.2 Å². The van der Waals surface area contributed by atoms with E-state index < -0.39 is 41.5 Å². The van der Waals surface area contributed by atoms with Crippen molar-refractivity contribution in [1.29, 1.82) is 0 Å². The highest BCUT2D eigenvalue weighted by Crippen LogP contribution is 2.34. The van der Waals surface area contributed by atoms with Gasteiger partial charge in [0.05, 0.1) is 6.42 Å². The molecule has 1 atom stereocenters. The Hall–Kier alpha value is -2.37. The van der Waals surface area contributed by atoms with Crippen LogP contribution < -0.4 is 5.32 Å². The predicted molar refractivity (Wildman–Crippen MR) is 87.5 cm³/mol. The first-order valence-electron chi connectivity index (χ1n) is 7.99. The summed E-state index contributed by atoms with van der Waals surface area (Å²) in [6.07, 6.45) is -11.1. The Balaban J connectivity index is 2.49. The van der Waals surface area contributed by atoms with Gasteiger partial charge in [-0.05, 0) is 39.8 Å². The molecule has 12 heteroatoms. The minimum atomic E-state index is -5.04. The summed E-state index contributed by atoms with van der Waals surface area (Å²) in [6.45, 7) is 5.23. The Kier molecular flexibility index (Phi) is 5.17. The molecule has 0 aliphatic heterocycles. The average Bonchev–Trinajstić information content (AvgIpc) is 2.80. The molecule has 0 bridgehead atoms. The third kappa shape index (κ3) is 4.37. The number of aliphatic hydroxyl groups is 1. The number of nitrogens with zero attached hydrogens (tertiary/aromatic N) is 3. The molecule has 0 unspecified atom stereocenters. The highest BCUT2D eigenvalue weighted by Gasteiger charge is 2.51. The van der Waals surface area contributed by atoms with E-state index >= 15 is 0 Å². The van der Waals surface area contributed by atoms with Gasteiger partial charge in [0.1, 0.15) is 11.2 Å². The third-order valence-corrected chi connectivity index (χ3v) is 3.83. The molecule has 2 rings (SSSR count). The van der Waals surface area contributed by atoms with Crippen molar-refractivity contribution in [1.82, 2.24) is 14.5 Å². The second-order valence-electron chi connectivity index (χ2n) is 7.48. The van der Waals surface area contributed by atoms with Crippen LogP contribution in [0.5, 0.6) is 0 Å². The molecule has 0 radical (unpaired) electrons. The van der Waals surface area contributed by atoms with E-state index in [1.54, 1.807) is 20.8 Å². The van der Waals surface area contributed by atoms with E-state index in [0.29, 0.717) is 13.0 Å². The molecule has 6 nitrogen and oxygen atoms in total. The predicted octanol–water partition coefficient (Wildman–Crippen LogP) is 3.85. The molecule has 0 aliphatic carbocycles. The number of hydrogen-bond acceptors (Lipinski definition) is 4. The third-order valence-electron chi connectivity index (χ3n) is 3.83. The van der Waals surface area contributed by atoms with Crippen LogP contribution in [0.1, 0.15) is 39.8 Å². The van der Waals surface area contributed by atoms with Crippen LogP contribution in [0.15, 0.2) is 12.1 Å². The number of halogens is 6. The lowest BCUT2D eigenvalue weighted by atomic mass is 10.0. The summed E-state index contributed by atoms with van der Waals surface area (Å²) in [5.41, 5.74) is -5.55. The first-order valence-corrected chi connectivity index (χ1v) is 7.99. The van der Waals surface area contributed by atoms with E-state index in [1.165, 1.54) is 4.57 Å². The van der Waals surface area contributed by atoms with Crippen molar-refractivity contribution in [2.75, 3.05) is 5.32 Å². The quantitative estimate of drug-likeness (QED) is 0.751. The standard InChI is InChI=1S/C16H18F6N4O2/c1-13(2,3)26-11-8(5-6-9(24-11)15(17,18)19)23-12(26)25-10(27)7-14(4,28)16(20,21)22/h5-6,28H,7H2,1-4H3,(H,23,25,27)/t14-/m1/s1. The van der Waals surface area contributed by atoms with Gasteiger partial charge in [-0.1, -0.05) is 0 Å². The van der Waals surface area contributed by atoms with Crippen LogP contribution in [0, 0.1) is 0 Å². The number of carbonyl (C=O) groups is 1. The van der Waals surface area contributed by atoms with Gasteiger partial charge in [0.2, 0.25) is 11.9 Å². The van der Waals surface area contributed by atoms with Gasteiger partial charge in [0, 0.05) is 5.54 Å². The number of aromatic nitrogens is 3. The largest absolute Gasteiger partial charge is 0.433 e. The number of rotatable bonds is 3. The fourth-order valence-electron chi connectivity index (χ4n) is 2.42. The molecule has 28 heavy (non-hydrogen) atoms. The summed E-state index contributed by atoms with van der Waals surface area (Å²) in [7, 11) is 0. The van der Waals surface area contributed by atoms with Crippen molar-refractivity contribution in [3.63, 3.8) is 0 Å². The average molecular weight is 412 g/mol. The van der Waals surface area contributed by atoms with E-state index in [1.807, 2.05) is 0 Å². The Bertz CT molecular complexity index is 893. The van der Waals surface area contributed by atoms with Crippen molar-refractivity contribution >= 4 is 23.0 Å². The second kappa shape index (κ2) is 6.61. The molecule has 2 aromatic rings. The minimum absolute atomic E-state index is 0.0146. The number of pyridine rings is 1. The van der Waals surface area contributed by atoms with Crippen LogP contribution in [-0.4, -0.2) is 37.3 Å². The summed E-state index contributed by atoms with van der Waals surface area (Å²) in [5.74, 6) is -1.49. The molecule has 0 saturated carbocycles. The number of carbonyl (C=O) groups excluding carboxylic acids is 1. The molecule has 2 aromatic heterocycles. The van der Waals surface area contributed by atoms with Crippen LogP contribution >= 0.6 is 0 Å². The summed E-state index contributed by atoms with van der Waals surface area (Å²) >= 11 is 0. The van der Waals surface area contributed by atoms with Crippen LogP contribution in [0.2, 0.25) is 0 Å². The fraction of sp³-hybridized carbons (Fsp3) is 0.562. The fourth-order valence-corrected chi connectivity index (χ4v) is 2.42. The minimum Gasteiger partial charge on any atom is -0.380 e. The lowest BCUT2D eigenvalue weighted by Gasteiger charge is -2.26. The van der Waals surface area contributed by atoms with E-state index in [4.69, 9.17) is 0 Å². The molecule has 0 saturated heterocycles. The van der Waals surface area contributed by atoms with Gasteiger partial charge in [-0.25, -0.2) is 9.97 Å². The van der Waals surface area contributed by atoms with Crippen LogP contribution in [0.3, 0.4) is 0 Å². The van der Waals surface area contributed by atoms with E-state index in [-0.39, 0.29) is 17.1 Å². The van der Waals surface area contributed by atoms with Crippen LogP contribution in [-0.2, 0) is 16.5 Å². The molecule has 0 aromatic carbocycles. The molecule has 2 N–H and O–H groups in total. The number of fused-ring (bicyclic) bond motifs is 1. The normalized spacial score (nSPS) is 15.5. The molecule has 1 amide bonds.